The minimum Gasteiger partial charge on any atom is -0.477 e. The van der Waals surface area contributed by atoms with Crippen molar-refractivity contribution in [1.29, 1.82) is 0 Å². The van der Waals surface area contributed by atoms with Gasteiger partial charge in [0.2, 0.25) is 0 Å². The largest absolute Gasteiger partial charge is 0.477 e. The number of benzene rings is 1. The molecular weight excluding hydrogens is 245 g/mol. The van der Waals surface area contributed by atoms with Crippen LogP contribution in [-0.4, -0.2) is 25.8 Å². The molecule has 0 fully saturated rings. The number of aromatic nitrogens is 1. The topological polar surface area (TPSA) is 108 Å². The lowest BCUT2D eigenvalue weighted by molar-refractivity contribution is 0.0691. The molecule has 0 atom stereocenters. The van der Waals surface area contributed by atoms with Crippen LogP contribution in [0.3, 0.4) is 0 Å². The predicted molar refractivity (Wildman–Crippen MR) is 62.1 cm³/mol. The van der Waals surface area contributed by atoms with Gasteiger partial charge in [-0.05, 0) is 12.1 Å². The summed E-state index contributed by atoms with van der Waals surface area (Å²) in [6.07, 6.45) is 0. The van der Waals surface area contributed by atoms with Crippen LogP contribution in [0, 0.1) is 0 Å². The molecule has 0 saturated heterocycles. The molecule has 0 spiro atoms. The highest BCUT2D eigenvalue weighted by atomic mass is 31.1. The number of hydrogen-bond donors (Lipinski definition) is 3. The molecule has 1 heterocycles. The first-order valence-corrected chi connectivity index (χ1v) is 5.82. The monoisotopic (exact) mass is 255 g/mol. The number of nitrogens with zero attached hydrogens (tertiary/aromatic N) is 1. The summed E-state index contributed by atoms with van der Waals surface area (Å²) in [7, 11) is -3.13. The SMILES string of the molecule is O=C(O)c1ccc2ccccc2n1.O=[PH](O)O. The molecule has 0 aliphatic heterocycles. The second-order valence-corrected chi connectivity index (χ2v) is 3.54. The second kappa shape index (κ2) is 6.10. The molecule has 3 N–H and O–H groups in total. The molecule has 0 aliphatic rings. The molecule has 0 saturated carbocycles. The third kappa shape index (κ3) is 4.32. The Morgan fingerprint density at radius 3 is 2.29 bits per heavy atom. The van der Waals surface area contributed by atoms with Crippen LogP contribution in [0.4, 0.5) is 0 Å². The number of pyridine rings is 1. The first kappa shape index (κ1) is 13.3. The van der Waals surface area contributed by atoms with Crippen molar-refractivity contribution in [2.45, 2.75) is 0 Å². The summed E-state index contributed by atoms with van der Waals surface area (Å²) < 4.78 is 8.74. The maximum Gasteiger partial charge on any atom is 0.354 e. The van der Waals surface area contributed by atoms with Crippen LogP contribution in [0.15, 0.2) is 36.4 Å². The quantitative estimate of drug-likeness (QED) is 0.663. The van der Waals surface area contributed by atoms with E-state index in [4.69, 9.17) is 19.5 Å². The van der Waals surface area contributed by atoms with Gasteiger partial charge in [-0.15, -0.1) is 0 Å². The molecule has 1 aromatic carbocycles. The molecule has 0 unspecified atom stereocenters. The van der Waals surface area contributed by atoms with Crippen molar-refractivity contribution in [1.82, 2.24) is 4.98 Å². The molecule has 0 amide bonds. The zero-order chi connectivity index (χ0) is 12.8. The van der Waals surface area contributed by atoms with E-state index >= 15 is 0 Å². The second-order valence-electron chi connectivity index (χ2n) is 2.98. The molecule has 0 aliphatic carbocycles. The fourth-order valence-electron chi connectivity index (χ4n) is 1.19. The van der Waals surface area contributed by atoms with Gasteiger partial charge in [-0.3, -0.25) is 4.57 Å². The molecule has 0 bridgehead atoms. The summed E-state index contributed by atoms with van der Waals surface area (Å²) in [6.45, 7) is 0. The van der Waals surface area contributed by atoms with Crippen LogP contribution in [0.1, 0.15) is 10.5 Å². The number of carbonyl (C=O) groups is 1. The molecule has 2 aromatic rings. The maximum absolute atomic E-state index is 10.6. The van der Waals surface area contributed by atoms with Gasteiger partial charge in [0, 0.05) is 5.39 Å². The maximum atomic E-state index is 10.6. The van der Waals surface area contributed by atoms with Gasteiger partial charge in [0.25, 0.3) is 0 Å². The highest BCUT2D eigenvalue weighted by Gasteiger charge is 2.03. The fraction of sp³-hybridized carbons (Fsp3) is 0. The molecular formula is C10H10NO5P. The summed E-state index contributed by atoms with van der Waals surface area (Å²) in [5, 5.41) is 9.63. The third-order valence-corrected chi connectivity index (χ3v) is 1.82. The molecule has 17 heavy (non-hydrogen) atoms. The number of carboxylic acid groups (broad SMARTS) is 1. The van der Waals surface area contributed by atoms with Gasteiger partial charge < -0.3 is 14.9 Å². The lowest BCUT2D eigenvalue weighted by Crippen LogP contribution is -1.99. The van der Waals surface area contributed by atoms with E-state index in [0.717, 1.165) is 5.39 Å². The Morgan fingerprint density at radius 2 is 1.71 bits per heavy atom. The zero-order valence-corrected chi connectivity index (χ0v) is 9.57. The number of hydrogen-bond acceptors (Lipinski definition) is 3. The van der Waals surface area contributed by atoms with Crippen LogP contribution < -0.4 is 0 Å². The zero-order valence-electron chi connectivity index (χ0n) is 8.57. The Kier molecular flexibility index (Phi) is 4.78. The van der Waals surface area contributed by atoms with Gasteiger partial charge >= 0.3 is 14.2 Å². The first-order valence-electron chi connectivity index (χ1n) is 4.51. The number of rotatable bonds is 1. The van der Waals surface area contributed by atoms with Crippen molar-refractivity contribution in [2.75, 3.05) is 0 Å². The summed E-state index contributed by atoms with van der Waals surface area (Å²) in [5.41, 5.74) is 0.793. The van der Waals surface area contributed by atoms with Crippen LogP contribution in [0.25, 0.3) is 10.9 Å². The Morgan fingerprint density at radius 1 is 1.12 bits per heavy atom. The van der Waals surface area contributed by atoms with Crippen LogP contribution in [-0.2, 0) is 4.57 Å². The van der Waals surface area contributed by atoms with E-state index in [1.807, 2.05) is 18.2 Å². The van der Waals surface area contributed by atoms with Crippen molar-refractivity contribution in [2.24, 2.45) is 0 Å². The number of aromatic carboxylic acids is 1. The number of para-hydroxylation sites is 1. The average molecular weight is 255 g/mol. The summed E-state index contributed by atoms with van der Waals surface area (Å²) in [5.74, 6) is -0.995. The number of fused-ring (bicyclic) bond motifs is 1. The van der Waals surface area contributed by atoms with E-state index < -0.39 is 14.2 Å². The minimum absolute atomic E-state index is 0.0821. The van der Waals surface area contributed by atoms with Gasteiger partial charge in [0.05, 0.1) is 5.52 Å². The molecule has 2 rings (SSSR count). The summed E-state index contributed by atoms with van der Waals surface area (Å²) in [4.78, 5) is 28.9. The lowest BCUT2D eigenvalue weighted by Gasteiger charge is -1.97. The van der Waals surface area contributed by atoms with E-state index in [-0.39, 0.29) is 5.69 Å². The van der Waals surface area contributed by atoms with E-state index in [1.165, 1.54) is 6.07 Å². The molecule has 0 radical (unpaired) electrons. The van der Waals surface area contributed by atoms with Gasteiger partial charge in [-0.25, -0.2) is 9.78 Å². The van der Waals surface area contributed by atoms with Crippen molar-refractivity contribution in [3.63, 3.8) is 0 Å². The fourth-order valence-corrected chi connectivity index (χ4v) is 1.19. The van der Waals surface area contributed by atoms with Crippen molar-refractivity contribution in [3.05, 3.63) is 42.1 Å². The van der Waals surface area contributed by atoms with Gasteiger partial charge in [0.1, 0.15) is 5.69 Å². The standard InChI is InChI=1S/C10H7NO2.H3O3P/c12-10(13)9-6-5-7-3-1-2-4-8(7)11-9;1-4(2)3/h1-6H,(H,12,13);4H,(H2,1,2,3). The average Bonchev–Trinajstić information content (AvgIpc) is 2.27. The van der Waals surface area contributed by atoms with Gasteiger partial charge in [-0.1, -0.05) is 24.3 Å². The normalized spacial score (nSPS) is 9.82. The Bertz CT molecular complexity index is 553. The number of carboxylic acids is 1. The Labute approximate surface area is 97.1 Å². The predicted octanol–water partition coefficient (Wildman–Crippen LogP) is 1.29. The molecule has 6 nitrogen and oxygen atoms in total. The Hall–Kier alpha value is -1.75. The van der Waals surface area contributed by atoms with Crippen LogP contribution in [0.2, 0.25) is 0 Å². The van der Waals surface area contributed by atoms with E-state index in [0.29, 0.717) is 5.52 Å². The van der Waals surface area contributed by atoms with E-state index in [1.54, 1.807) is 12.1 Å². The van der Waals surface area contributed by atoms with Gasteiger partial charge in [0.15, 0.2) is 0 Å². The van der Waals surface area contributed by atoms with Crippen molar-refractivity contribution < 1.29 is 24.3 Å². The molecule has 1 aromatic heterocycles. The Balaban J connectivity index is 0.000000317. The molecule has 7 heteroatoms. The first-order chi connectivity index (χ1) is 8.00. The minimum atomic E-state index is -3.13. The summed E-state index contributed by atoms with van der Waals surface area (Å²) in [6, 6.07) is 10.7. The van der Waals surface area contributed by atoms with E-state index in [9.17, 15) is 4.79 Å². The van der Waals surface area contributed by atoms with Crippen LogP contribution in [0.5, 0.6) is 0 Å². The van der Waals surface area contributed by atoms with E-state index in [2.05, 4.69) is 4.98 Å². The summed E-state index contributed by atoms with van der Waals surface area (Å²) >= 11 is 0. The lowest BCUT2D eigenvalue weighted by atomic mass is 10.2. The third-order valence-electron chi connectivity index (χ3n) is 1.82. The molecule has 90 valence electrons. The highest BCUT2D eigenvalue weighted by Crippen LogP contribution is 2.11. The van der Waals surface area contributed by atoms with Crippen LogP contribution >= 0.6 is 8.25 Å². The van der Waals surface area contributed by atoms with Crippen molar-refractivity contribution >= 4 is 25.1 Å². The van der Waals surface area contributed by atoms with Crippen molar-refractivity contribution in [3.8, 4) is 0 Å². The smallest absolute Gasteiger partial charge is 0.354 e. The van der Waals surface area contributed by atoms with Gasteiger partial charge in [-0.2, -0.15) is 0 Å². The highest BCUT2D eigenvalue weighted by molar-refractivity contribution is 7.30.